The Labute approximate surface area is 82.7 Å². The minimum Gasteiger partial charge on any atom is -0.207 e. The molecule has 0 radical (unpaired) electrons. The quantitative estimate of drug-likeness (QED) is 0.556. The van der Waals surface area contributed by atoms with E-state index in [9.17, 15) is 4.39 Å². The van der Waals surface area contributed by atoms with Crippen molar-refractivity contribution in [3.63, 3.8) is 0 Å². The topological polar surface area (TPSA) is 0 Å². The molecule has 0 aliphatic heterocycles. The normalized spacial score (nSPS) is 31.8. The number of alkyl halides is 1. The largest absolute Gasteiger partial charge is 0.207 e. The fourth-order valence-electron chi connectivity index (χ4n) is 2.07. The molecular weight excluding hydrogens is 187 g/mol. The van der Waals surface area contributed by atoms with Gasteiger partial charge in [0, 0.05) is 0 Å². The second kappa shape index (κ2) is 2.98. The van der Waals surface area contributed by atoms with Crippen molar-refractivity contribution in [3.8, 4) is 0 Å². The number of hydrogen-bond acceptors (Lipinski definition) is 0. The maximum absolute atomic E-state index is 13.4. The Kier molecular flexibility index (Phi) is 2.07. The van der Waals surface area contributed by atoms with Crippen LogP contribution in [0.3, 0.4) is 0 Å². The Morgan fingerprint density at radius 1 is 1.31 bits per heavy atom. The maximum Gasteiger partial charge on any atom is 0.127 e. The van der Waals surface area contributed by atoms with Gasteiger partial charge in [-0.3, -0.25) is 0 Å². The summed E-state index contributed by atoms with van der Waals surface area (Å²) >= 11 is 6.19. The van der Waals surface area contributed by atoms with Crippen LogP contribution in [0.5, 0.6) is 0 Å². The lowest BCUT2D eigenvalue weighted by molar-refractivity contribution is 0.502. The molecule has 0 saturated heterocycles. The van der Waals surface area contributed by atoms with Gasteiger partial charge >= 0.3 is 0 Å². The smallest absolute Gasteiger partial charge is 0.127 e. The summed E-state index contributed by atoms with van der Waals surface area (Å²) in [6.07, 6.45) is 0. The van der Waals surface area contributed by atoms with Gasteiger partial charge in [-0.05, 0) is 29.0 Å². The van der Waals surface area contributed by atoms with E-state index in [1.165, 1.54) is 6.07 Å². The number of rotatable bonds is 0. The molecule has 70 valence electrons. The summed E-state index contributed by atoms with van der Waals surface area (Å²) in [5.74, 6) is 0.451. The van der Waals surface area contributed by atoms with Crippen molar-refractivity contribution in [3.05, 3.63) is 35.1 Å². The molecule has 0 amide bonds. The zero-order valence-corrected chi connectivity index (χ0v) is 8.48. The van der Waals surface area contributed by atoms with Crippen LogP contribution >= 0.6 is 11.6 Å². The molecule has 1 aliphatic carbocycles. The van der Waals surface area contributed by atoms with E-state index >= 15 is 0 Å². The summed E-state index contributed by atoms with van der Waals surface area (Å²) in [5, 5.41) is -0.0271. The second-order valence-electron chi connectivity index (χ2n) is 3.79. The predicted octanol–water partition coefficient (Wildman–Crippen LogP) is 3.86. The lowest BCUT2D eigenvalue weighted by Gasteiger charge is -2.11. The van der Waals surface area contributed by atoms with E-state index in [2.05, 4.69) is 6.92 Å². The molecule has 0 saturated carbocycles. The van der Waals surface area contributed by atoms with Crippen LogP contribution in [-0.2, 0) is 0 Å². The summed E-state index contributed by atoms with van der Waals surface area (Å²) in [4.78, 5) is 0. The minimum absolute atomic E-state index is 0.0271. The van der Waals surface area contributed by atoms with Gasteiger partial charge in [0.2, 0.25) is 0 Å². The average molecular weight is 199 g/mol. The molecule has 2 heteroatoms. The van der Waals surface area contributed by atoms with Crippen LogP contribution in [0, 0.1) is 11.7 Å². The summed E-state index contributed by atoms with van der Waals surface area (Å²) in [6, 6.07) is 5.17. The van der Waals surface area contributed by atoms with Crippen molar-refractivity contribution in [2.24, 2.45) is 5.92 Å². The van der Waals surface area contributed by atoms with Gasteiger partial charge in [-0.2, -0.15) is 0 Å². The van der Waals surface area contributed by atoms with Gasteiger partial charge in [-0.15, -0.1) is 11.6 Å². The first-order valence-electron chi connectivity index (χ1n) is 4.55. The highest BCUT2D eigenvalue weighted by atomic mass is 35.5. The fraction of sp³-hybridized carbons (Fsp3) is 0.455. The monoisotopic (exact) mass is 198 g/mol. The van der Waals surface area contributed by atoms with Gasteiger partial charge in [0.15, 0.2) is 0 Å². The number of benzene rings is 1. The van der Waals surface area contributed by atoms with Crippen molar-refractivity contribution in [2.45, 2.75) is 25.1 Å². The molecule has 1 aromatic rings. The molecule has 0 fully saturated rings. The molecule has 2 rings (SSSR count). The third-order valence-electron chi connectivity index (χ3n) is 3.09. The highest BCUT2D eigenvalue weighted by Crippen LogP contribution is 2.48. The maximum atomic E-state index is 13.4. The van der Waals surface area contributed by atoms with Crippen LogP contribution in [-0.4, -0.2) is 0 Å². The van der Waals surface area contributed by atoms with Crippen LogP contribution in [0.4, 0.5) is 4.39 Å². The molecule has 3 atom stereocenters. The predicted molar refractivity (Wildman–Crippen MR) is 52.6 cm³/mol. The average Bonchev–Trinajstić information content (AvgIpc) is 2.33. The minimum atomic E-state index is -0.111. The Balaban J connectivity index is 2.60. The van der Waals surface area contributed by atoms with E-state index in [-0.39, 0.29) is 17.1 Å². The zero-order chi connectivity index (χ0) is 9.59. The van der Waals surface area contributed by atoms with Gasteiger partial charge in [0.1, 0.15) is 5.82 Å². The van der Waals surface area contributed by atoms with Crippen molar-refractivity contribution in [2.75, 3.05) is 0 Å². The van der Waals surface area contributed by atoms with Crippen LogP contribution in [0.15, 0.2) is 18.2 Å². The van der Waals surface area contributed by atoms with E-state index in [1.807, 2.05) is 13.0 Å². The van der Waals surface area contributed by atoms with Gasteiger partial charge in [0.25, 0.3) is 0 Å². The third kappa shape index (κ3) is 1.18. The molecule has 0 nitrogen and oxygen atoms in total. The number of halogens is 2. The van der Waals surface area contributed by atoms with Gasteiger partial charge in [-0.1, -0.05) is 26.0 Å². The third-order valence-corrected chi connectivity index (χ3v) is 3.72. The molecule has 0 spiro atoms. The van der Waals surface area contributed by atoms with E-state index in [0.717, 1.165) is 11.1 Å². The van der Waals surface area contributed by atoms with Gasteiger partial charge in [0.05, 0.1) is 5.38 Å². The summed E-state index contributed by atoms with van der Waals surface area (Å²) < 4.78 is 13.4. The molecule has 0 N–H and O–H groups in total. The Morgan fingerprint density at radius 2 is 2.00 bits per heavy atom. The van der Waals surface area contributed by atoms with E-state index in [0.29, 0.717) is 5.92 Å². The van der Waals surface area contributed by atoms with E-state index < -0.39 is 0 Å². The molecule has 1 aliphatic rings. The standard InChI is InChI=1S/C11H12ClF/c1-6-7(2)11(12)8-4-3-5-9(13)10(6)8/h3-7,11H,1-2H3. The van der Waals surface area contributed by atoms with Gasteiger partial charge < -0.3 is 0 Å². The summed E-state index contributed by atoms with van der Waals surface area (Å²) in [7, 11) is 0. The lowest BCUT2D eigenvalue weighted by Crippen LogP contribution is -2.01. The van der Waals surface area contributed by atoms with Crippen molar-refractivity contribution in [1.29, 1.82) is 0 Å². The SMILES string of the molecule is CC1c2c(F)cccc2C(Cl)C1C. The molecule has 3 unspecified atom stereocenters. The van der Waals surface area contributed by atoms with Crippen molar-refractivity contribution < 1.29 is 4.39 Å². The molecule has 0 bridgehead atoms. The Bertz CT molecular complexity index is 335. The van der Waals surface area contributed by atoms with E-state index in [1.54, 1.807) is 6.07 Å². The number of hydrogen-bond donors (Lipinski definition) is 0. The fourth-order valence-corrected chi connectivity index (χ4v) is 2.48. The first-order valence-corrected chi connectivity index (χ1v) is 4.99. The molecular formula is C11H12ClF. The Hall–Kier alpha value is -0.560. The second-order valence-corrected chi connectivity index (χ2v) is 4.26. The zero-order valence-electron chi connectivity index (χ0n) is 7.72. The molecule has 1 aromatic carbocycles. The lowest BCUT2D eigenvalue weighted by atomic mass is 9.96. The Morgan fingerprint density at radius 3 is 2.62 bits per heavy atom. The molecule has 0 aromatic heterocycles. The van der Waals surface area contributed by atoms with Crippen LogP contribution in [0.1, 0.15) is 36.3 Å². The highest BCUT2D eigenvalue weighted by molar-refractivity contribution is 6.21. The van der Waals surface area contributed by atoms with Crippen LogP contribution in [0.2, 0.25) is 0 Å². The van der Waals surface area contributed by atoms with Gasteiger partial charge in [-0.25, -0.2) is 4.39 Å². The first kappa shape index (κ1) is 9.01. The number of fused-ring (bicyclic) bond motifs is 1. The highest BCUT2D eigenvalue weighted by Gasteiger charge is 2.35. The summed E-state index contributed by atoms with van der Waals surface area (Å²) in [6.45, 7) is 4.11. The van der Waals surface area contributed by atoms with E-state index in [4.69, 9.17) is 11.6 Å². The van der Waals surface area contributed by atoms with Crippen molar-refractivity contribution >= 4 is 11.6 Å². The van der Waals surface area contributed by atoms with Crippen LogP contribution in [0.25, 0.3) is 0 Å². The summed E-state index contributed by atoms with van der Waals surface area (Å²) in [5.41, 5.74) is 1.79. The van der Waals surface area contributed by atoms with Crippen molar-refractivity contribution in [1.82, 2.24) is 0 Å². The first-order chi connectivity index (χ1) is 6.13. The van der Waals surface area contributed by atoms with Crippen LogP contribution < -0.4 is 0 Å². The molecule has 13 heavy (non-hydrogen) atoms. The molecule has 0 heterocycles.